The lowest BCUT2D eigenvalue weighted by atomic mass is 10.0. The predicted octanol–water partition coefficient (Wildman–Crippen LogP) is 4.70. The van der Waals surface area contributed by atoms with Gasteiger partial charge in [0.1, 0.15) is 0 Å². The second-order valence-electron chi connectivity index (χ2n) is 4.22. The predicted molar refractivity (Wildman–Crippen MR) is 73.0 cm³/mol. The van der Waals surface area contributed by atoms with E-state index in [0.717, 1.165) is 17.0 Å². The monoisotopic (exact) mass is 263 g/mol. The number of hydrogen-bond donors (Lipinski definition) is 1. The molecule has 0 spiro atoms. The van der Waals surface area contributed by atoms with E-state index in [1.807, 2.05) is 18.2 Å². The van der Waals surface area contributed by atoms with Crippen molar-refractivity contribution in [1.82, 2.24) is 0 Å². The van der Waals surface area contributed by atoms with E-state index in [1.165, 1.54) is 11.3 Å². The van der Waals surface area contributed by atoms with E-state index in [1.54, 1.807) is 6.07 Å². The molecule has 1 unspecified atom stereocenters. The van der Waals surface area contributed by atoms with Gasteiger partial charge in [0.15, 0.2) is 0 Å². The Labute approximate surface area is 110 Å². The van der Waals surface area contributed by atoms with E-state index >= 15 is 0 Å². The summed E-state index contributed by atoms with van der Waals surface area (Å²) in [6.45, 7) is 0. The van der Waals surface area contributed by atoms with E-state index in [2.05, 4.69) is 23.5 Å². The third kappa shape index (κ3) is 2.01. The smallest absolute Gasteiger partial charge is 0.0569 e. The fourth-order valence-corrected chi connectivity index (χ4v) is 2.81. The van der Waals surface area contributed by atoms with Crippen molar-refractivity contribution in [1.29, 1.82) is 0 Å². The van der Waals surface area contributed by atoms with Crippen molar-refractivity contribution in [2.45, 2.75) is 12.5 Å². The van der Waals surface area contributed by atoms with Crippen LogP contribution in [0.2, 0.25) is 10.0 Å². The summed E-state index contributed by atoms with van der Waals surface area (Å²) in [5.41, 5.74) is 3.64. The number of fused-ring (bicyclic) bond motifs is 1. The minimum absolute atomic E-state index is 0.247. The summed E-state index contributed by atoms with van der Waals surface area (Å²) >= 11 is 12.1. The van der Waals surface area contributed by atoms with Crippen LogP contribution in [0, 0.1) is 0 Å². The molecule has 1 atom stereocenters. The molecule has 3 rings (SSSR count). The second kappa shape index (κ2) is 4.25. The quantitative estimate of drug-likeness (QED) is 0.787. The molecule has 1 heterocycles. The number of rotatable bonds is 1. The molecule has 1 N–H and O–H groups in total. The Balaban J connectivity index is 1.94. The Morgan fingerprint density at radius 1 is 1.06 bits per heavy atom. The lowest BCUT2D eigenvalue weighted by Crippen LogP contribution is -2.06. The number of para-hydroxylation sites is 1. The molecule has 0 saturated carbocycles. The fourth-order valence-electron chi connectivity index (χ4n) is 2.27. The molecule has 0 aliphatic carbocycles. The number of hydrogen-bond acceptors (Lipinski definition) is 1. The van der Waals surface area contributed by atoms with Gasteiger partial charge in [0.05, 0.1) is 6.04 Å². The zero-order valence-corrected chi connectivity index (χ0v) is 10.6. The Hall–Kier alpha value is -1.18. The third-order valence-electron chi connectivity index (χ3n) is 3.11. The van der Waals surface area contributed by atoms with Gasteiger partial charge in [-0.05, 0) is 35.7 Å². The van der Waals surface area contributed by atoms with Crippen LogP contribution in [0.25, 0.3) is 0 Å². The van der Waals surface area contributed by atoms with Crippen molar-refractivity contribution < 1.29 is 0 Å². The molecule has 1 nitrogen and oxygen atoms in total. The first-order valence-corrected chi connectivity index (χ1v) is 6.29. The van der Waals surface area contributed by atoms with Crippen LogP contribution in [0.5, 0.6) is 0 Å². The van der Waals surface area contributed by atoms with E-state index in [9.17, 15) is 0 Å². The summed E-state index contributed by atoms with van der Waals surface area (Å²) in [5.74, 6) is 0. The van der Waals surface area contributed by atoms with E-state index in [0.29, 0.717) is 5.02 Å². The Morgan fingerprint density at radius 2 is 1.88 bits per heavy atom. The van der Waals surface area contributed by atoms with Crippen LogP contribution in [-0.4, -0.2) is 0 Å². The number of benzene rings is 2. The van der Waals surface area contributed by atoms with Crippen LogP contribution in [-0.2, 0) is 6.42 Å². The number of nitrogens with one attached hydrogen (secondary N) is 1. The molecule has 0 fully saturated rings. The summed E-state index contributed by atoms with van der Waals surface area (Å²) in [7, 11) is 0. The summed E-state index contributed by atoms with van der Waals surface area (Å²) in [6.07, 6.45) is 0.970. The third-order valence-corrected chi connectivity index (χ3v) is 3.67. The first-order valence-electron chi connectivity index (χ1n) is 5.53. The van der Waals surface area contributed by atoms with Gasteiger partial charge in [-0.15, -0.1) is 0 Å². The van der Waals surface area contributed by atoms with Crippen molar-refractivity contribution in [3.63, 3.8) is 0 Å². The molecule has 2 aromatic carbocycles. The molecular weight excluding hydrogens is 253 g/mol. The number of anilines is 1. The minimum Gasteiger partial charge on any atom is -0.378 e. The molecule has 2 aromatic rings. The molecular formula is C14H11Cl2N. The lowest BCUT2D eigenvalue weighted by molar-refractivity contribution is 0.824. The first-order chi connectivity index (χ1) is 8.24. The van der Waals surface area contributed by atoms with Crippen LogP contribution in [0.15, 0.2) is 42.5 Å². The van der Waals surface area contributed by atoms with Gasteiger partial charge in [0, 0.05) is 15.7 Å². The van der Waals surface area contributed by atoms with Gasteiger partial charge in [0.2, 0.25) is 0 Å². The van der Waals surface area contributed by atoms with Crippen molar-refractivity contribution >= 4 is 28.9 Å². The van der Waals surface area contributed by atoms with Crippen LogP contribution >= 0.6 is 23.2 Å². The molecule has 0 amide bonds. The normalized spacial score (nSPS) is 17.6. The van der Waals surface area contributed by atoms with E-state index in [-0.39, 0.29) is 6.04 Å². The minimum atomic E-state index is 0.247. The maximum absolute atomic E-state index is 6.23. The highest BCUT2D eigenvalue weighted by Crippen LogP contribution is 2.37. The van der Waals surface area contributed by atoms with Crippen molar-refractivity contribution in [2.24, 2.45) is 0 Å². The van der Waals surface area contributed by atoms with Gasteiger partial charge in [-0.1, -0.05) is 47.5 Å². The van der Waals surface area contributed by atoms with Crippen molar-refractivity contribution in [3.8, 4) is 0 Å². The van der Waals surface area contributed by atoms with Crippen molar-refractivity contribution in [3.05, 3.63) is 63.6 Å². The van der Waals surface area contributed by atoms with E-state index in [4.69, 9.17) is 23.2 Å². The molecule has 3 heteroatoms. The molecule has 0 aromatic heterocycles. The van der Waals surface area contributed by atoms with Crippen LogP contribution in [0.4, 0.5) is 5.69 Å². The Kier molecular flexibility index (Phi) is 2.73. The Bertz CT molecular complexity index is 541. The SMILES string of the molecule is Clc1ccc(C2Cc3ccccc3N2)c(Cl)c1. The summed E-state index contributed by atoms with van der Waals surface area (Å²) in [5, 5.41) is 4.88. The molecule has 17 heavy (non-hydrogen) atoms. The van der Waals surface area contributed by atoms with Gasteiger partial charge < -0.3 is 5.32 Å². The molecule has 1 aliphatic rings. The highest BCUT2D eigenvalue weighted by atomic mass is 35.5. The van der Waals surface area contributed by atoms with Gasteiger partial charge in [0.25, 0.3) is 0 Å². The zero-order chi connectivity index (χ0) is 11.8. The van der Waals surface area contributed by atoms with Gasteiger partial charge in [-0.3, -0.25) is 0 Å². The first kappa shape index (κ1) is 10.9. The molecule has 0 bridgehead atoms. The van der Waals surface area contributed by atoms with Gasteiger partial charge in [-0.2, -0.15) is 0 Å². The fraction of sp³-hybridized carbons (Fsp3) is 0.143. The van der Waals surface area contributed by atoms with Crippen LogP contribution < -0.4 is 5.32 Å². The highest BCUT2D eigenvalue weighted by Gasteiger charge is 2.23. The standard InChI is InChI=1S/C14H11Cl2N/c15-10-5-6-11(12(16)8-10)14-7-9-3-1-2-4-13(9)17-14/h1-6,8,14,17H,7H2. The van der Waals surface area contributed by atoms with Gasteiger partial charge in [-0.25, -0.2) is 0 Å². The molecule has 86 valence electrons. The lowest BCUT2D eigenvalue weighted by Gasteiger charge is -2.13. The van der Waals surface area contributed by atoms with Crippen LogP contribution in [0.1, 0.15) is 17.2 Å². The van der Waals surface area contributed by atoms with Gasteiger partial charge >= 0.3 is 0 Å². The topological polar surface area (TPSA) is 12.0 Å². The zero-order valence-electron chi connectivity index (χ0n) is 9.08. The summed E-state index contributed by atoms with van der Waals surface area (Å²) in [4.78, 5) is 0. The molecule has 1 aliphatic heterocycles. The number of halogens is 2. The summed E-state index contributed by atoms with van der Waals surface area (Å²) in [6, 6.07) is 14.3. The maximum Gasteiger partial charge on any atom is 0.0569 e. The van der Waals surface area contributed by atoms with Crippen LogP contribution in [0.3, 0.4) is 0 Å². The Morgan fingerprint density at radius 3 is 2.65 bits per heavy atom. The van der Waals surface area contributed by atoms with Crippen molar-refractivity contribution in [2.75, 3.05) is 5.32 Å². The molecule has 0 radical (unpaired) electrons. The maximum atomic E-state index is 6.23. The summed E-state index contributed by atoms with van der Waals surface area (Å²) < 4.78 is 0. The second-order valence-corrected chi connectivity index (χ2v) is 5.07. The largest absolute Gasteiger partial charge is 0.378 e. The van der Waals surface area contributed by atoms with E-state index < -0.39 is 0 Å². The molecule has 0 saturated heterocycles. The average Bonchev–Trinajstić information content (AvgIpc) is 2.72. The highest BCUT2D eigenvalue weighted by molar-refractivity contribution is 6.35. The average molecular weight is 264 g/mol.